The molecule has 6 nitrogen and oxygen atoms in total. The smallest absolute Gasteiger partial charge is 0.338 e. The van der Waals surface area contributed by atoms with E-state index in [-0.39, 0.29) is 25.2 Å². The van der Waals surface area contributed by atoms with Crippen molar-refractivity contribution in [2.24, 2.45) is 0 Å². The number of benzene rings is 1. The van der Waals surface area contributed by atoms with Crippen LogP contribution in [0.4, 0.5) is 0 Å². The monoisotopic (exact) mass is 338 g/mol. The van der Waals surface area contributed by atoms with Crippen molar-refractivity contribution in [1.29, 1.82) is 0 Å². The Labute approximate surface area is 143 Å². The van der Waals surface area contributed by atoms with Gasteiger partial charge in [-0.15, -0.1) is 0 Å². The molecule has 0 N–H and O–H groups in total. The second kappa shape index (κ2) is 13.7. The first-order valence-corrected chi connectivity index (χ1v) is 8.15. The molecule has 0 atom stereocenters. The molecule has 0 aliphatic heterocycles. The molecule has 6 heteroatoms. The van der Waals surface area contributed by atoms with Crippen molar-refractivity contribution in [3.8, 4) is 0 Å². The number of esters is 1. The first kappa shape index (κ1) is 20.3. The average molecular weight is 338 g/mol. The second-order valence-electron chi connectivity index (χ2n) is 5.21. The van der Waals surface area contributed by atoms with E-state index >= 15 is 0 Å². The van der Waals surface area contributed by atoms with Crippen molar-refractivity contribution in [3.63, 3.8) is 0 Å². The van der Waals surface area contributed by atoms with Gasteiger partial charge >= 0.3 is 5.97 Å². The first-order chi connectivity index (χ1) is 11.7. The van der Waals surface area contributed by atoms with Gasteiger partial charge in [-0.2, -0.15) is 0 Å². The topological polar surface area (TPSA) is 71.1 Å². The fourth-order valence-electron chi connectivity index (χ4n) is 1.83. The van der Waals surface area contributed by atoms with Gasteiger partial charge in [0.25, 0.3) is 0 Å². The van der Waals surface area contributed by atoms with Gasteiger partial charge in [0, 0.05) is 13.0 Å². The molecule has 24 heavy (non-hydrogen) atoms. The molecule has 0 unspecified atom stereocenters. The minimum atomic E-state index is -0.353. The van der Waals surface area contributed by atoms with Crippen molar-refractivity contribution in [2.75, 3.05) is 39.8 Å². The number of carbonyl (C=O) groups excluding carboxylic acids is 2. The van der Waals surface area contributed by atoms with Gasteiger partial charge in [-0.1, -0.05) is 18.2 Å². The quantitative estimate of drug-likeness (QED) is 0.295. The van der Waals surface area contributed by atoms with Gasteiger partial charge in [0.1, 0.15) is 19.2 Å². The lowest BCUT2D eigenvalue weighted by Gasteiger charge is -2.07. The van der Waals surface area contributed by atoms with Gasteiger partial charge in [-0.25, -0.2) is 4.79 Å². The van der Waals surface area contributed by atoms with Gasteiger partial charge < -0.3 is 23.7 Å². The minimum Gasteiger partial charge on any atom is -0.460 e. The Hall–Kier alpha value is -1.76. The highest BCUT2D eigenvalue weighted by Crippen LogP contribution is 2.00. The molecule has 0 radical (unpaired) electrons. The third kappa shape index (κ3) is 10.9. The summed E-state index contributed by atoms with van der Waals surface area (Å²) >= 11 is 0. The Morgan fingerprint density at radius 3 is 2.25 bits per heavy atom. The van der Waals surface area contributed by atoms with Crippen LogP contribution in [0.5, 0.6) is 0 Å². The number of ketones is 1. The fraction of sp³-hybridized carbons (Fsp3) is 0.556. The lowest BCUT2D eigenvalue weighted by molar-refractivity contribution is -0.117. The largest absolute Gasteiger partial charge is 0.460 e. The molecule has 0 aliphatic rings. The standard InChI is InChI=1S/C18H26O6/c1-16(19)7-5-6-10-22-15-23-12-11-21-13-14-24-18(20)17-8-3-2-4-9-17/h2-4,8-9H,5-7,10-15H2,1H3. The van der Waals surface area contributed by atoms with Crippen LogP contribution in [0.2, 0.25) is 0 Å². The van der Waals surface area contributed by atoms with Crippen molar-refractivity contribution in [3.05, 3.63) is 35.9 Å². The summed E-state index contributed by atoms with van der Waals surface area (Å²) in [6, 6.07) is 8.83. The van der Waals surface area contributed by atoms with Gasteiger partial charge in [-0.05, 0) is 31.9 Å². The van der Waals surface area contributed by atoms with Gasteiger partial charge in [0.05, 0.1) is 25.4 Å². The molecule has 0 fully saturated rings. The molecule has 0 saturated heterocycles. The van der Waals surface area contributed by atoms with Crippen LogP contribution in [-0.4, -0.2) is 51.6 Å². The van der Waals surface area contributed by atoms with E-state index in [4.69, 9.17) is 18.9 Å². The van der Waals surface area contributed by atoms with Crippen molar-refractivity contribution >= 4 is 11.8 Å². The molecule has 0 bridgehead atoms. The lowest BCUT2D eigenvalue weighted by Crippen LogP contribution is -2.13. The summed E-state index contributed by atoms with van der Waals surface area (Å²) in [5.74, 6) is -0.147. The molecule has 1 aromatic carbocycles. The maximum Gasteiger partial charge on any atom is 0.338 e. The maximum atomic E-state index is 11.6. The second-order valence-corrected chi connectivity index (χ2v) is 5.21. The summed E-state index contributed by atoms with van der Waals surface area (Å²) in [6.07, 6.45) is 2.30. The summed E-state index contributed by atoms with van der Waals surface area (Å²) in [7, 11) is 0. The van der Waals surface area contributed by atoms with E-state index in [9.17, 15) is 9.59 Å². The van der Waals surface area contributed by atoms with Crippen LogP contribution in [0.25, 0.3) is 0 Å². The number of hydrogen-bond donors (Lipinski definition) is 0. The number of Topliss-reactive ketones (excluding diaryl/α,β-unsaturated/α-hetero) is 1. The number of ether oxygens (including phenoxy) is 4. The summed E-state index contributed by atoms with van der Waals surface area (Å²) < 4.78 is 20.9. The Kier molecular flexibility index (Phi) is 11.5. The summed E-state index contributed by atoms with van der Waals surface area (Å²) in [5.41, 5.74) is 0.529. The molecule has 0 aliphatic carbocycles. The SMILES string of the molecule is CC(=O)CCCCOCOCCOCCOC(=O)c1ccccc1. The van der Waals surface area contributed by atoms with Crippen LogP contribution >= 0.6 is 0 Å². The van der Waals surface area contributed by atoms with Crippen LogP contribution in [0.15, 0.2) is 30.3 Å². The molecular formula is C18H26O6. The predicted octanol–water partition coefficient (Wildman–Crippen LogP) is 2.61. The van der Waals surface area contributed by atoms with Gasteiger partial charge in [0.15, 0.2) is 0 Å². The molecule has 0 spiro atoms. The van der Waals surface area contributed by atoms with Crippen molar-refractivity contribution in [2.45, 2.75) is 26.2 Å². The third-order valence-corrected chi connectivity index (χ3v) is 3.08. The summed E-state index contributed by atoms with van der Waals surface area (Å²) in [5, 5.41) is 0. The zero-order valence-corrected chi connectivity index (χ0v) is 14.2. The minimum absolute atomic E-state index is 0.206. The van der Waals surface area contributed by atoms with Crippen LogP contribution in [0.3, 0.4) is 0 Å². The fourth-order valence-corrected chi connectivity index (χ4v) is 1.83. The highest BCUT2D eigenvalue weighted by molar-refractivity contribution is 5.89. The zero-order valence-electron chi connectivity index (χ0n) is 14.2. The van der Waals surface area contributed by atoms with Gasteiger partial charge in [0.2, 0.25) is 0 Å². The van der Waals surface area contributed by atoms with Crippen molar-refractivity contribution in [1.82, 2.24) is 0 Å². The van der Waals surface area contributed by atoms with E-state index in [0.717, 1.165) is 12.8 Å². The molecule has 0 saturated carbocycles. The third-order valence-electron chi connectivity index (χ3n) is 3.08. The molecule has 1 rings (SSSR count). The normalized spacial score (nSPS) is 10.5. The highest BCUT2D eigenvalue weighted by atomic mass is 16.7. The number of unbranched alkanes of at least 4 members (excludes halogenated alkanes) is 1. The predicted molar refractivity (Wildman–Crippen MR) is 88.8 cm³/mol. The number of hydrogen-bond acceptors (Lipinski definition) is 6. The van der Waals surface area contributed by atoms with E-state index in [1.165, 1.54) is 0 Å². The molecule has 0 aromatic heterocycles. The van der Waals surface area contributed by atoms with Crippen LogP contribution in [-0.2, 0) is 23.7 Å². The van der Waals surface area contributed by atoms with Crippen LogP contribution in [0, 0.1) is 0 Å². The van der Waals surface area contributed by atoms with E-state index < -0.39 is 0 Å². The molecule has 0 amide bonds. The average Bonchev–Trinajstić information content (AvgIpc) is 2.59. The Bertz CT molecular complexity index is 460. The van der Waals surface area contributed by atoms with E-state index in [1.54, 1.807) is 31.2 Å². The number of rotatable bonds is 14. The van der Waals surface area contributed by atoms with Crippen LogP contribution < -0.4 is 0 Å². The van der Waals surface area contributed by atoms with E-state index in [2.05, 4.69) is 0 Å². The molecule has 134 valence electrons. The lowest BCUT2D eigenvalue weighted by atomic mass is 10.2. The first-order valence-electron chi connectivity index (χ1n) is 8.15. The van der Waals surface area contributed by atoms with E-state index in [1.807, 2.05) is 6.07 Å². The zero-order chi connectivity index (χ0) is 17.5. The molecular weight excluding hydrogens is 312 g/mol. The Balaban J connectivity index is 1.82. The summed E-state index contributed by atoms with van der Waals surface area (Å²) in [6.45, 7) is 3.76. The van der Waals surface area contributed by atoms with Crippen molar-refractivity contribution < 1.29 is 28.5 Å². The number of carbonyl (C=O) groups is 2. The van der Waals surface area contributed by atoms with E-state index in [0.29, 0.717) is 38.4 Å². The van der Waals surface area contributed by atoms with Crippen LogP contribution in [0.1, 0.15) is 36.5 Å². The summed E-state index contributed by atoms with van der Waals surface area (Å²) in [4.78, 5) is 22.4. The Morgan fingerprint density at radius 1 is 0.833 bits per heavy atom. The maximum absolute atomic E-state index is 11.6. The molecule has 0 heterocycles. The Morgan fingerprint density at radius 2 is 1.50 bits per heavy atom. The molecule has 1 aromatic rings. The highest BCUT2D eigenvalue weighted by Gasteiger charge is 2.04. The van der Waals surface area contributed by atoms with Gasteiger partial charge in [-0.3, -0.25) is 0 Å².